The van der Waals surface area contributed by atoms with Crippen LogP contribution in [0.25, 0.3) is 10.9 Å². The lowest BCUT2D eigenvalue weighted by Crippen LogP contribution is -2.47. The minimum atomic E-state index is -0.888. The highest BCUT2D eigenvalue weighted by Crippen LogP contribution is 2.19. The number of amides is 1. The Bertz CT molecular complexity index is 710. The zero-order valence-corrected chi connectivity index (χ0v) is 14.4. The van der Waals surface area contributed by atoms with E-state index in [-0.39, 0.29) is 11.9 Å². The number of benzene rings is 1. The molecule has 0 unspecified atom stereocenters. The summed E-state index contributed by atoms with van der Waals surface area (Å²) in [6.07, 6.45) is 3.02. The maximum Gasteiger partial charge on any atom is 0.321 e. The SMILES string of the molecule is CC[C@H](CN[C@H](Cc1c[nH]c2ccccc12)C(=O)O)N(C)C(C)=O. The summed E-state index contributed by atoms with van der Waals surface area (Å²) in [5.74, 6) is -0.909. The Kier molecular flexibility index (Phi) is 5.98. The Labute approximate surface area is 141 Å². The smallest absolute Gasteiger partial charge is 0.321 e. The van der Waals surface area contributed by atoms with Gasteiger partial charge < -0.3 is 20.3 Å². The molecule has 2 rings (SSSR count). The van der Waals surface area contributed by atoms with Gasteiger partial charge in [-0.05, 0) is 18.1 Å². The summed E-state index contributed by atoms with van der Waals surface area (Å²) in [7, 11) is 1.74. The fourth-order valence-electron chi connectivity index (χ4n) is 2.86. The van der Waals surface area contributed by atoms with Crippen LogP contribution in [0.15, 0.2) is 30.5 Å². The Morgan fingerprint density at radius 1 is 1.33 bits per heavy atom. The van der Waals surface area contributed by atoms with Crippen molar-refractivity contribution in [2.24, 2.45) is 0 Å². The lowest BCUT2D eigenvalue weighted by atomic mass is 10.0. The van der Waals surface area contributed by atoms with E-state index in [1.807, 2.05) is 37.4 Å². The molecule has 1 heterocycles. The molecule has 0 saturated heterocycles. The van der Waals surface area contributed by atoms with Gasteiger partial charge in [0.1, 0.15) is 6.04 Å². The lowest BCUT2D eigenvalue weighted by molar-refractivity contribution is -0.139. The van der Waals surface area contributed by atoms with E-state index >= 15 is 0 Å². The number of nitrogens with zero attached hydrogens (tertiary/aromatic N) is 1. The average Bonchev–Trinajstić information content (AvgIpc) is 2.96. The molecule has 0 fully saturated rings. The Hall–Kier alpha value is -2.34. The number of fused-ring (bicyclic) bond motifs is 1. The number of rotatable bonds is 8. The van der Waals surface area contributed by atoms with E-state index in [1.54, 1.807) is 11.9 Å². The Morgan fingerprint density at radius 2 is 2.04 bits per heavy atom. The third kappa shape index (κ3) is 4.14. The quantitative estimate of drug-likeness (QED) is 0.691. The van der Waals surface area contributed by atoms with Crippen LogP contribution < -0.4 is 5.32 Å². The monoisotopic (exact) mass is 331 g/mol. The van der Waals surface area contributed by atoms with Crippen molar-refractivity contribution >= 4 is 22.8 Å². The number of aromatic amines is 1. The highest BCUT2D eigenvalue weighted by molar-refractivity contribution is 5.84. The van der Waals surface area contributed by atoms with Gasteiger partial charge in [0.2, 0.25) is 5.91 Å². The fraction of sp³-hybridized carbons (Fsp3) is 0.444. The second-order valence-electron chi connectivity index (χ2n) is 6.05. The van der Waals surface area contributed by atoms with Crippen molar-refractivity contribution in [3.8, 4) is 0 Å². The number of carbonyl (C=O) groups excluding carboxylic acids is 1. The second-order valence-corrected chi connectivity index (χ2v) is 6.05. The van der Waals surface area contributed by atoms with E-state index in [2.05, 4.69) is 10.3 Å². The van der Waals surface area contributed by atoms with Crippen LogP contribution in [0.1, 0.15) is 25.8 Å². The van der Waals surface area contributed by atoms with Crippen molar-refractivity contribution in [2.75, 3.05) is 13.6 Å². The number of likely N-dealkylation sites (N-methyl/N-ethyl adjacent to an activating group) is 1. The molecule has 130 valence electrons. The maximum absolute atomic E-state index is 11.6. The number of aromatic nitrogens is 1. The topological polar surface area (TPSA) is 85.4 Å². The summed E-state index contributed by atoms with van der Waals surface area (Å²) in [6.45, 7) is 3.95. The molecule has 0 radical (unpaired) electrons. The van der Waals surface area contributed by atoms with Gasteiger partial charge in [-0.1, -0.05) is 25.1 Å². The number of para-hydroxylation sites is 1. The second kappa shape index (κ2) is 7.97. The molecule has 3 N–H and O–H groups in total. The summed E-state index contributed by atoms with van der Waals surface area (Å²) in [5, 5.41) is 13.7. The molecule has 0 bridgehead atoms. The van der Waals surface area contributed by atoms with E-state index in [0.29, 0.717) is 13.0 Å². The lowest BCUT2D eigenvalue weighted by Gasteiger charge is -2.28. The fourth-order valence-corrected chi connectivity index (χ4v) is 2.86. The van der Waals surface area contributed by atoms with Gasteiger partial charge in [0, 0.05) is 50.1 Å². The highest BCUT2D eigenvalue weighted by Gasteiger charge is 2.22. The predicted octanol–water partition coefficient (Wildman–Crippen LogP) is 2.01. The molecule has 0 aliphatic heterocycles. The normalized spacial score (nSPS) is 13.6. The number of carbonyl (C=O) groups is 2. The van der Waals surface area contributed by atoms with E-state index in [0.717, 1.165) is 22.9 Å². The van der Waals surface area contributed by atoms with Crippen LogP contribution in [0.3, 0.4) is 0 Å². The van der Waals surface area contributed by atoms with Gasteiger partial charge in [-0.25, -0.2) is 0 Å². The van der Waals surface area contributed by atoms with E-state index in [1.165, 1.54) is 6.92 Å². The zero-order valence-electron chi connectivity index (χ0n) is 14.4. The maximum atomic E-state index is 11.6. The molecule has 1 aromatic heterocycles. The van der Waals surface area contributed by atoms with E-state index in [9.17, 15) is 14.7 Å². The summed E-state index contributed by atoms with van der Waals surface area (Å²) in [6, 6.07) is 7.12. The number of hydrogen-bond acceptors (Lipinski definition) is 3. The summed E-state index contributed by atoms with van der Waals surface area (Å²) >= 11 is 0. The van der Waals surface area contributed by atoms with Gasteiger partial charge >= 0.3 is 5.97 Å². The van der Waals surface area contributed by atoms with Crippen molar-refractivity contribution in [3.05, 3.63) is 36.0 Å². The van der Waals surface area contributed by atoms with Gasteiger partial charge in [0.25, 0.3) is 0 Å². The molecule has 6 heteroatoms. The zero-order chi connectivity index (χ0) is 17.7. The molecule has 1 aromatic carbocycles. The predicted molar refractivity (Wildman–Crippen MR) is 94.0 cm³/mol. The standard InChI is InChI=1S/C18H25N3O3/c1-4-14(21(3)12(2)22)11-20-17(18(23)24)9-13-10-19-16-8-6-5-7-15(13)16/h5-8,10,14,17,19-20H,4,9,11H2,1-3H3,(H,23,24)/t14-,17-/m1/s1. The number of hydrogen-bond donors (Lipinski definition) is 3. The molecule has 6 nitrogen and oxygen atoms in total. The van der Waals surface area contributed by atoms with Crippen LogP contribution in [0.4, 0.5) is 0 Å². The minimum absolute atomic E-state index is 0.0210. The van der Waals surface area contributed by atoms with Crippen LogP contribution in [0, 0.1) is 0 Å². The van der Waals surface area contributed by atoms with Crippen molar-refractivity contribution in [3.63, 3.8) is 0 Å². The summed E-state index contributed by atoms with van der Waals surface area (Å²) in [4.78, 5) is 27.9. The highest BCUT2D eigenvalue weighted by atomic mass is 16.4. The van der Waals surface area contributed by atoms with Crippen LogP contribution in [0.5, 0.6) is 0 Å². The molecular formula is C18H25N3O3. The molecule has 0 spiro atoms. The van der Waals surface area contributed by atoms with Crippen LogP contribution >= 0.6 is 0 Å². The number of carboxylic acid groups (broad SMARTS) is 1. The first-order valence-electron chi connectivity index (χ1n) is 8.18. The first-order valence-corrected chi connectivity index (χ1v) is 8.18. The minimum Gasteiger partial charge on any atom is -0.480 e. The molecule has 1 amide bonds. The van der Waals surface area contributed by atoms with Gasteiger partial charge in [0.15, 0.2) is 0 Å². The van der Waals surface area contributed by atoms with Crippen LogP contribution in [-0.2, 0) is 16.0 Å². The third-order valence-corrected chi connectivity index (χ3v) is 4.51. The molecule has 2 atom stereocenters. The molecule has 24 heavy (non-hydrogen) atoms. The average molecular weight is 331 g/mol. The van der Waals surface area contributed by atoms with E-state index < -0.39 is 12.0 Å². The van der Waals surface area contributed by atoms with Crippen molar-refractivity contribution in [1.82, 2.24) is 15.2 Å². The Morgan fingerprint density at radius 3 is 2.67 bits per heavy atom. The summed E-state index contributed by atoms with van der Waals surface area (Å²) in [5.41, 5.74) is 1.97. The van der Waals surface area contributed by atoms with Gasteiger partial charge in [-0.15, -0.1) is 0 Å². The van der Waals surface area contributed by atoms with Crippen molar-refractivity contribution in [2.45, 2.75) is 38.8 Å². The largest absolute Gasteiger partial charge is 0.480 e. The number of aliphatic carboxylic acids is 1. The molecular weight excluding hydrogens is 306 g/mol. The van der Waals surface area contributed by atoms with Gasteiger partial charge in [-0.3, -0.25) is 9.59 Å². The Balaban J connectivity index is 2.07. The number of H-pyrrole nitrogens is 1. The summed E-state index contributed by atoms with van der Waals surface area (Å²) < 4.78 is 0. The van der Waals surface area contributed by atoms with Gasteiger partial charge in [0.05, 0.1) is 0 Å². The molecule has 0 aliphatic rings. The van der Waals surface area contributed by atoms with Crippen molar-refractivity contribution in [1.29, 1.82) is 0 Å². The van der Waals surface area contributed by atoms with Gasteiger partial charge in [-0.2, -0.15) is 0 Å². The first kappa shape index (κ1) is 18.0. The molecule has 0 saturated carbocycles. The van der Waals surface area contributed by atoms with Crippen LogP contribution in [-0.4, -0.2) is 52.5 Å². The van der Waals surface area contributed by atoms with Crippen molar-refractivity contribution < 1.29 is 14.7 Å². The van der Waals surface area contributed by atoms with E-state index in [4.69, 9.17) is 0 Å². The molecule has 2 aromatic rings. The molecule has 0 aliphatic carbocycles. The van der Waals surface area contributed by atoms with Crippen LogP contribution in [0.2, 0.25) is 0 Å². The third-order valence-electron chi connectivity index (χ3n) is 4.51. The first-order chi connectivity index (χ1) is 11.4. The number of carboxylic acids is 1. The number of nitrogens with one attached hydrogen (secondary N) is 2.